The van der Waals surface area contributed by atoms with E-state index in [9.17, 15) is 10.2 Å². The quantitative estimate of drug-likeness (QED) is 0.735. The molecule has 0 radical (unpaired) electrons. The first-order valence-electron chi connectivity index (χ1n) is 6.92. The summed E-state index contributed by atoms with van der Waals surface area (Å²) in [4.78, 5) is 0. The molecule has 19 heavy (non-hydrogen) atoms. The molecule has 0 aromatic heterocycles. The van der Waals surface area contributed by atoms with Gasteiger partial charge in [0.1, 0.15) is 11.5 Å². The lowest BCUT2D eigenvalue weighted by Crippen LogP contribution is -2.26. The van der Waals surface area contributed by atoms with E-state index in [-0.39, 0.29) is 6.61 Å². The third-order valence-electron chi connectivity index (χ3n) is 4.06. The van der Waals surface area contributed by atoms with E-state index in [1.165, 1.54) is 12.8 Å². The first kappa shape index (κ1) is 14.2. The van der Waals surface area contributed by atoms with Crippen LogP contribution in [0.15, 0.2) is 18.2 Å². The number of methoxy groups -OCH3 is 1. The molecular weight excluding hydrogens is 242 g/mol. The van der Waals surface area contributed by atoms with Gasteiger partial charge in [-0.1, -0.05) is 6.42 Å². The predicted molar refractivity (Wildman–Crippen MR) is 74.3 cm³/mol. The summed E-state index contributed by atoms with van der Waals surface area (Å²) >= 11 is 0. The Morgan fingerprint density at radius 1 is 1.32 bits per heavy atom. The maximum absolute atomic E-state index is 9.79. The van der Waals surface area contributed by atoms with Gasteiger partial charge in [-0.05, 0) is 49.4 Å². The minimum atomic E-state index is 0.288. The lowest BCUT2D eigenvalue weighted by molar-refractivity contribution is 0.192. The fourth-order valence-corrected chi connectivity index (χ4v) is 2.85. The Morgan fingerprint density at radius 3 is 2.84 bits per heavy atom. The van der Waals surface area contributed by atoms with Gasteiger partial charge in [-0.15, -0.1) is 0 Å². The molecule has 1 aliphatic rings. The van der Waals surface area contributed by atoms with Crippen molar-refractivity contribution in [2.45, 2.75) is 25.8 Å². The highest BCUT2D eigenvalue weighted by molar-refractivity contribution is 5.39. The Morgan fingerprint density at radius 2 is 2.11 bits per heavy atom. The van der Waals surface area contributed by atoms with Gasteiger partial charge in [-0.25, -0.2) is 0 Å². The van der Waals surface area contributed by atoms with Crippen LogP contribution < -0.4 is 10.1 Å². The van der Waals surface area contributed by atoms with Crippen LogP contribution in [-0.2, 0) is 6.54 Å². The summed E-state index contributed by atoms with van der Waals surface area (Å²) in [6, 6.07) is 5.25. The average molecular weight is 265 g/mol. The largest absolute Gasteiger partial charge is 0.508 e. The zero-order valence-corrected chi connectivity index (χ0v) is 11.4. The molecule has 0 saturated heterocycles. The SMILES string of the molecule is COc1ccc(O)c(CNCC2CCCC2CO)c1. The summed E-state index contributed by atoms with van der Waals surface area (Å²) in [5.41, 5.74) is 0.845. The van der Waals surface area contributed by atoms with Crippen molar-refractivity contribution in [2.24, 2.45) is 11.8 Å². The second-order valence-corrected chi connectivity index (χ2v) is 5.26. The van der Waals surface area contributed by atoms with Crippen molar-refractivity contribution in [1.82, 2.24) is 5.32 Å². The number of hydrogen-bond acceptors (Lipinski definition) is 4. The van der Waals surface area contributed by atoms with E-state index >= 15 is 0 Å². The molecule has 2 unspecified atom stereocenters. The van der Waals surface area contributed by atoms with Crippen LogP contribution >= 0.6 is 0 Å². The van der Waals surface area contributed by atoms with E-state index in [0.29, 0.717) is 24.1 Å². The van der Waals surface area contributed by atoms with Crippen LogP contribution in [0.1, 0.15) is 24.8 Å². The number of ether oxygens (including phenoxy) is 1. The fraction of sp³-hybridized carbons (Fsp3) is 0.600. The molecule has 0 amide bonds. The molecule has 2 atom stereocenters. The Hall–Kier alpha value is -1.26. The second kappa shape index (κ2) is 6.78. The molecule has 0 spiro atoms. The van der Waals surface area contributed by atoms with E-state index in [1.807, 2.05) is 6.07 Å². The molecule has 0 heterocycles. The highest BCUT2D eigenvalue weighted by Gasteiger charge is 2.25. The van der Waals surface area contributed by atoms with Crippen molar-refractivity contribution in [1.29, 1.82) is 0 Å². The van der Waals surface area contributed by atoms with Crippen molar-refractivity contribution in [2.75, 3.05) is 20.3 Å². The number of aliphatic hydroxyl groups excluding tert-OH is 1. The number of benzene rings is 1. The monoisotopic (exact) mass is 265 g/mol. The summed E-state index contributed by atoms with van der Waals surface area (Å²) in [6.07, 6.45) is 3.53. The molecule has 1 aromatic rings. The van der Waals surface area contributed by atoms with Gasteiger partial charge in [0.25, 0.3) is 0 Å². The highest BCUT2D eigenvalue weighted by Crippen LogP contribution is 2.31. The first-order valence-corrected chi connectivity index (χ1v) is 6.92. The minimum absolute atomic E-state index is 0.288. The molecule has 106 valence electrons. The third kappa shape index (κ3) is 3.61. The molecule has 2 rings (SSSR count). The number of rotatable bonds is 6. The van der Waals surface area contributed by atoms with E-state index in [0.717, 1.165) is 24.3 Å². The molecule has 4 heteroatoms. The summed E-state index contributed by atoms with van der Waals surface area (Å²) in [6.45, 7) is 1.80. The second-order valence-electron chi connectivity index (χ2n) is 5.26. The van der Waals surface area contributed by atoms with Crippen molar-refractivity contribution in [3.63, 3.8) is 0 Å². The maximum atomic E-state index is 9.79. The number of nitrogens with one attached hydrogen (secondary N) is 1. The molecular formula is C15H23NO3. The van der Waals surface area contributed by atoms with E-state index in [1.54, 1.807) is 19.2 Å². The van der Waals surface area contributed by atoms with Crippen molar-refractivity contribution < 1.29 is 14.9 Å². The van der Waals surface area contributed by atoms with Crippen LogP contribution in [-0.4, -0.2) is 30.5 Å². The van der Waals surface area contributed by atoms with Gasteiger partial charge in [0, 0.05) is 18.7 Å². The van der Waals surface area contributed by atoms with Crippen LogP contribution in [0.4, 0.5) is 0 Å². The molecule has 0 bridgehead atoms. The third-order valence-corrected chi connectivity index (χ3v) is 4.06. The van der Waals surface area contributed by atoms with Gasteiger partial charge in [-0.2, -0.15) is 0 Å². The topological polar surface area (TPSA) is 61.7 Å². The van der Waals surface area contributed by atoms with Crippen LogP contribution in [0.25, 0.3) is 0 Å². The van der Waals surface area contributed by atoms with Crippen molar-refractivity contribution in [3.05, 3.63) is 23.8 Å². The Balaban J connectivity index is 1.85. The van der Waals surface area contributed by atoms with E-state index in [2.05, 4.69) is 5.32 Å². The molecule has 1 aromatic carbocycles. The molecule has 1 saturated carbocycles. The Kier molecular flexibility index (Phi) is 5.05. The first-order chi connectivity index (χ1) is 9.24. The Labute approximate surface area is 114 Å². The van der Waals surface area contributed by atoms with Gasteiger partial charge in [0.05, 0.1) is 7.11 Å². The van der Waals surface area contributed by atoms with Gasteiger partial charge < -0.3 is 20.3 Å². The van der Waals surface area contributed by atoms with Gasteiger partial charge in [0.15, 0.2) is 0 Å². The van der Waals surface area contributed by atoms with E-state index in [4.69, 9.17) is 4.74 Å². The number of hydrogen-bond donors (Lipinski definition) is 3. The number of phenolic OH excluding ortho intramolecular Hbond substituents is 1. The smallest absolute Gasteiger partial charge is 0.120 e. The summed E-state index contributed by atoms with van der Waals surface area (Å²) in [5.74, 6) is 2.03. The minimum Gasteiger partial charge on any atom is -0.508 e. The molecule has 3 N–H and O–H groups in total. The predicted octanol–water partition coefficient (Wildman–Crippen LogP) is 1.90. The zero-order valence-electron chi connectivity index (χ0n) is 11.4. The van der Waals surface area contributed by atoms with Gasteiger partial charge in [0.2, 0.25) is 0 Å². The van der Waals surface area contributed by atoms with Crippen LogP contribution in [0.5, 0.6) is 11.5 Å². The van der Waals surface area contributed by atoms with E-state index < -0.39 is 0 Å². The maximum Gasteiger partial charge on any atom is 0.120 e. The van der Waals surface area contributed by atoms with Crippen LogP contribution in [0.3, 0.4) is 0 Å². The Bertz CT molecular complexity index is 408. The van der Waals surface area contributed by atoms with Gasteiger partial charge in [-0.3, -0.25) is 0 Å². The highest BCUT2D eigenvalue weighted by atomic mass is 16.5. The summed E-state index contributed by atoms with van der Waals surface area (Å²) in [7, 11) is 1.62. The number of phenols is 1. The van der Waals surface area contributed by atoms with Gasteiger partial charge >= 0.3 is 0 Å². The molecule has 0 aliphatic heterocycles. The lowest BCUT2D eigenvalue weighted by Gasteiger charge is -2.18. The van der Waals surface area contributed by atoms with Crippen molar-refractivity contribution in [3.8, 4) is 11.5 Å². The zero-order chi connectivity index (χ0) is 13.7. The standard InChI is InChI=1S/C15H23NO3/c1-19-14-5-6-15(18)13(7-14)9-16-8-11-3-2-4-12(11)10-17/h5-7,11-12,16-18H,2-4,8-10H2,1H3. The van der Waals surface area contributed by atoms with Crippen molar-refractivity contribution >= 4 is 0 Å². The molecule has 1 fully saturated rings. The number of aliphatic hydroxyl groups is 1. The molecule has 4 nitrogen and oxygen atoms in total. The average Bonchev–Trinajstić information content (AvgIpc) is 2.88. The van der Waals surface area contributed by atoms with Crippen LogP contribution in [0, 0.1) is 11.8 Å². The summed E-state index contributed by atoms with van der Waals surface area (Å²) < 4.78 is 5.15. The summed E-state index contributed by atoms with van der Waals surface area (Å²) in [5, 5.41) is 22.4. The molecule has 1 aliphatic carbocycles. The normalized spacial score (nSPS) is 22.6. The lowest BCUT2D eigenvalue weighted by atomic mass is 9.97. The number of aromatic hydroxyl groups is 1. The fourth-order valence-electron chi connectivity index (χ4n) is 2.85. The van der Waals surface area contributed by atoms with Crippen LogP contribution in [0.2, 0.25) is 0 Å².